The van der Waals surface area contributed by atoms with Crippen molar-refractivity contribution in [1.29, 1.82) is 0 Å². The van der Waals surface area contributed by atoms with Gasteiger partial charge in [-0.2, -0.15) is 0 Å². The Morgan fingerprint density at radius 3 is 1.41 bits per heavy atom. The van der Waals surface area contributed by atoms with Crippen LogP contribution in [-0.2, 0) is 9.47 Å². The van der Waals surface area contributed by atoms with Crippen molar-refractivity contribution >= 4 is 23.4 Å². The van der Waals surface area contributed by atoms with Crippen molar-refractivity contribution in [2.45, 2.75) is 66.2 Å². The highest BCUT2D eigenvalue weighted by Gasteiger charge is 2.30. The second-order valence-electron chi connectivity index (χ2n) is 10.3. The minimum Gasteiger partial charge on any atom is -0.379 e. The first kappa shape index (κ1) is 32.1. The number of rotatable bonds is 18. The van der Waals surface area contributed by atoms with Crippen LogP contribution in [0.3, 0.4) is 0 Å². The summed E-state index contributed by atoms with van der Waals surface area (Å²) in [6.45, 7) is 11.3. The predicted molar refractivity (Wildman–Crippen MR) is 160 cm³/mol. The maximum absolute atomic E-state index is 12.2. The molecule has 0 spiro atoms. The molecule has 0 radical (unpaired) electrons. The number of urea groups is 2. The van der Waals surface area contributed by atoms with Crippen LogP contribution in [0.15, 0.2) is 48.5 Å². The molecule has 0 aliphatic rings. The third-order valence-corrected chi connectivity index (χ3v) is 6.62. The van der Waals surface area contributed by atoms with E-state index in [1.54, 1.807) is 0 Å². The largest absolute Gasteiger partial charge is 0.379 e. The zero-order valence-electron chi connectivity index (χ0n) is 24.2. The smallest absolute Gasteiger partial charge is 0.319 e. The lowest BCUT2D eigenvalue weighted by Crippen LogP contribution is -2.37. The summed E-state index contributed by atoms with van der Waals surface area (Å²) in [7, 11) is 0. The number of carbonyl (C=O) groups excluding carboxylic acids is 2. The molecule has 0 aliphatic heterocycles. The predicted octanol–water partition coefficient (Wildman–Crippen LogP) is 6.65. The Balaban J connectivity index is 1.75. The molecule has 0 atom stereocenters. The Morgan fingerprint density at radius 1 is 0.667 bits per heavy atom. The van der Waals surface area contributed by atoms with E-state index >= 15 is 0 Å². The van der Waals surface area contributed by atoms with E-state index in [1.807, 2.05) is 62.4 Å². The van der Waals surface area contributed by atoms with Gasteiger partial charge in [-0.15, -0.1) is 0 Å². The number of unbranched alkanes of at least 4 members (excludes halogenated alkanes) is 2. The molecule has 0 saturated heterocycles. The molecular weight excluding hydrogens is 492 g/mol. The molecule has 4 amide bonds. The van der Waals surface area contributed by atoms with Gasteiger partial charge in [-0.25, -0.2) is 9.59 Å². The van der Waals surface area contributed by atoms with E-state index in [0.29, 0.717) is 39.5 Å². The van der Waals surface area contributed by atoms with Gasteiger partial charge < -0.3 is 30.7 Å². The van der Waals surface area contributed by atoms with Gasteiger partial charge in [0.1, 0.15) is 0 Å². The average Bonchev–Trinajstić information content (AvgIpc) is 2.92. The van der Waals surface area contributed by atoms with E-state index in [2.05, 4.69) is 35.1 Å². The van der Waals surface area contributed by atoms with Crippen LogP contribution in [0.25, 0.3) is 0 Å². The van der Waals surface area contributed by atoms with E-state index in [9.17, 15) is 9.59 Å². The highest BCUT2D eigenvalue weighted by molar-refractivity contribution is 5.89. The zero-order chi connectivity index (χ0) is 28.3. The number of amides is 4. The molecule has 4 N–H and O–H groups in total. The molecule has 0 bridgehead atoms. The van der Waals surface area contributed by atoms with Crippen LogP contribution in [-0.4, -0.2) is 51.6 Å². The minimum atomic E-state index is -0.243. The lowest BCUT2D eigenvalue weighted by Gasteiger charge is -2.34. The van der Waals surface area contributed by atoms with Crippen molar-refractivity contribution in [2.75, 3.05) is 50.2 Å². The Kier molecular flexibility index (Phi) is 15.0. The molecule has 0 saturated carbocycles. The topological polar surface area (TPSA) is 101 Å². The summed E-state index contributed by atoms with van der Waals surface area (Å²) >= 11 is 0. The third kappa shape index (κ3) is 13.5. The molecule has 2 aromatic carbocycles. The van der Waals surface area contributed by atoms with Crippen molar-refractivity contribution in [3.63, 3.8) is 0 Å². The summed E-state index contributed by atoms with van der Waals surface area (Å²) in [5.74, 6) is 0. The fourth-order valence-corrected chi connectivity index (χ4v) is 4.23. The van der Waals surface area contributed by atoms with Crippen LogP contribution in [0, 0.1) is 19.3 Å². The second kappa shape index (κ2) is 18.2. The number of anilines is 2. The number of ether oxygens (including phenoxy) is 2. The molecule has 0 aromatic heterocycles. The average molecular weight is 541 g/mol. The maximum Gasteiger partial charge on any atom is 0.319 e. The highest BCUT2D eigenvalue weighted by Crippen LogP contribution is 2.32. The van der Waals surface area contributed by atoms with Crippen molar-refractivity contribution in [1.82, 2.24) is 10.6 Å². The number of benzene rings is 2. The van der Waals surface area contributed by atoms with Gasteiger partial charge in [0.2, 0.25) is 0 Å². The first-order valence-corrected chi connectivity index (χ1v) is 14.2. The van der Waals surface area contributed by atoms with Gasteiger partial charge in [-0.1, -0.05) is 74.9 Å². The molecule has 0 aliphatic carbocycles. The lowest BCUT2D eigenvalue weighted by molar-refractivity contribution is -0.0322. The third-order valence-electron chi connectivity index (χ3n) is 6.62. The summed E-state index contributed by atoms with van der Waals surface area (Å²) in [6.07, 6.45) is 6.46. The number of nitrogens with one attached hydrogen (secondary N) is 4. The van der Waals surface area contributed by atoms with Crippen molar-refractivity contribution < 1.29 is 19.1 Å². The lowest BCUT2D eigenvalue weighted by atomic mass is 9.79. The molecule has 0 unspecified atom stereocenters. The summed E-state index contributed by atoms with van der Waals surface area (Å²) in [5.41, 5.74) is 3.73. The number of aryl methyl sites for hydroxylation is 2. The van der Waals surface area contributed by atoms with Gasteiger partial charge in [0.15, 0.2) is 0 Å². The monoisotopic (exact) mass is 540 g/mol. The highest BCUT2D eigenvalue weighted by atomic mass is 16.5. The van der Waals surface area contributed by atoms with Crippen LogP contribution < -0.4 is 21.3 Å². The van der Waals surface area contributed by atoms with E-state index in [-0.39, 0.29) is 17.5 Å². The Morgan fingerprint density at radius 2 is 1.05 bits per heavy atom. The molecular formula is C31H48N4O4. The van der Waals surface area contributed by atoms with Gasteiger partial charge in [-0.3, -0.25) is 0 Å². The first-order chi connectivity index (χ1) is 18.9. The van der Waals surface area contributed by atoms with Gasteiger partial charge in [0.25, 0.3) is 0 Å². The van der Waals surface area contributed by atoms with Crippen LogP contribution in [0.2, 0.25) is 0 Å². The first-order valence-electron chi connectivity index (χ1n) is 14.2. The molecule has 0 heterocycles. The minimum absolute atomic E-state index is 0.0830. The molecule has 39 heavy (non-hydrogen) atoms. The van der Waals surface area contributed by atoms with E-state index in [0.717, 1.165) is 61.0 Å². The molecule has 2 rings (SSSR count). The Labute approximate surface area is 234 Å². The van der Waals surface area contributed by atoms with Crippen molar-refractivity contribution in [3.8, 4) is 0 Å². The Bertz CT molecular complexity index is 884. The Hall–Kier alpha value is -3.10. The molecule has 8 heteroatoms. The van der Waals surface area contributed by atoms with E-state index < -0.39 is 0 Å². The van der Waals surface area contributed by atoms with E-state index in [1.165, 1.54) is 0 Å². The summed E-state index contributed by atoms with van der Waals surface area (Å²) in [5, 5.41) is 11.4. The van der Waals surface area contributed by atoms with Crippen LogP contribution >= 0.6 is 0 Å². The summed E-state index contributed by atoms with van der Waals surface area (Å²) in [6, 6.07) is 14.9. The standard InChI is InChI=1S/C31H48N4O4/c1-5-7-17-31(18-8-6-2,23-38-21-19-32-29(36)34-27-13-9-25(3)10-14-27)24-39-22-20-33-30(37)35-28-15-11-26(4)12-16-28/h9-16H,5-8,17-24H2,1-4H3,(H2,32,34,36)(H2,33,35,37). The quantitative estimate of drug-likeness (QED) is 0.159. The molecule has 216 valence electrons. The number of hydrogen-bond donors (Lipinski definition) is 4. The molecule has 0 fully saturated rings. The van der Waals surface area contributed by atoms with E-state index in [4.69, 9.17) is 9.47 Å². The number of hydrogen-bond acceptors (Lipinski definition) is 4. The maximum atomic E-state index is 12.2. The van der Waals surface area contributed by atoms with Crippen molar-refractivity contribution in [3.05, 3.63) is 59.7 Å². The SMILES string of the molecule is CCCCC(CCCC)(COCCNC(=O)Nc1ccc(C)cc1)COCCNC(=O)Nc1ccc(C)cc1. The fraction of sp³-hybridized carbons (Fsp3) is 0.548. The van der Waals surface area contributed by atoms with Gasteiger partial charge in [-0.05, 0) is 51.0 Å². The molecule has 8 nitrogen and oxygen atoms in total. The zero-order valence-corrected chi connectivity index (χ0v) is 24.2. The van der Waals surface area contributed by atoms with Crippen LogP contribution in [0.4, 0.5) is 21.0 Å². The summed E-state index contributed by atoms with van der Waals surface area (Å²) < 4.78 is 12.2. The second-order valence-corrected chi connectivity index (χ2v) is 10.3. The van der Waals surface area contributed by atoms with Gasteiger partial charge in [0, 0.05) is 29.9 Å². The normalized spacial score (nSPS) is 11.2. The molecule has 2 aromatic rings. The van der Waals surface area contributed by atoms with Gasteiger partial charge >= 0.3 is 12.1 Å². The number of carbonyl (C=O) groups is 2. The van der Waals surface area contributed by atoms with Crippen molar-refractivity contribution in [2.24, 2.45) is 5.41 Å². The van der Waals surface area contributed by atoms with Crippen LogP contribution in [0.5, 0.6) is 0 Å². The van der Waals surface area contributed by atoms with Gasteiger partial charge in [0.05, 0.1) is 26.4 Å². The fourth-order valence-electron chi connectivity index (χ4n) is 4.23. The van der Waals surface area contributed by atoms with Crippen LogP contribution in [0.1, 0.15) is 63.5 Å². The summed E-state index contributed by atoms with van der Waals surface area (Å²) in [4.78, 5) is 24.3.